The van der Waals surface area contributed by atoms with E-state index in [1.54, 1.807) is 0 Å². The van der Waals surface area contributed by atoms with Crippen LogP contribution in [0.1, 0.15) is 0 Å². The van der Waals surface area contributed by atoms with Crippen molar-refractivity contribution in [2.24, 2.45) is 0 Å². The van der Waals surface area contributed by atoms with Gasteiger partial charge in [-0.05, 0) is 35.4 Å². The Labute approximate surface area is 266 Å². The average Bonchev–Trinajstić information content (AvgIpc) is 3.76. The minimum Gasteiger partial charge on any atom is -0.276 e. The van der Waals surface area contributed by atoms with Crippen molar-refractivity contribution in [2.75, 3.05) is 0 Å². The summed E-state index contributed by atoms with van der Waals surface area (Å²) in [5, 5.41) is 6.10. The van der Waals surface area contributed by atoms with Crippen molar-refractivity contribution >= 4 is 85.0 Å². The average molecular weight is 610 g/mol. The highest BCUT2D eigenvalue weighted by atomic mass is 32.1. The lowest BCUT2D eigenvalue weighted by Gasteiger charge is -2.13. The summed E-state index contributed by atoms with van der Waals surface area (Å²) in [5.74, 6) is 0.689. The van der Waals surface area contributed by atoms with E-state index in [2.05, 4.69) is 144 Å². The summed E-state index contributed by atoms with van der Waals surface area (Å²) in [7, 11) is 0. The standard InChI is InChI=1S/C40H23N3S2/c1-3-11-24(12-4-1)26-19-22-32-31(23-26)35(25-13-5-2-6-14-25)42-40(41-32)43-33-17-9-7-15-27(33)28-20-21-30-37(36(28)43)45-38-29-16-8-10-18-34(29)44-39(30)38/h1-23H. The van der Waals surface area contributed by atoms with E-state index in [0.29, 0.717) is 5.95 Å². The van der Waals surface area contributed by atoms with Crippen LogP contribution in [0.4, 0.5) is 0 Å². The third-order valence-electron chi connectivity index (χ3n) is 8.83. The topological polar surface area (TPSA) is 30.7 Å². The molecule has 0 saturated carbocycles. The minimum absolute atomic E-state index is 0.689. The lowest BCUT2D eigenvalue weighted by Crippen LogP contribution is -2.03. The molecule has 0 aliphatic heterocycles. The van der Waals surface area contributed by atoms with Gasteiger partial charge in [-0.1, -0.05) is 115 Å². The van der Waals surface area contributed by atoms with Crippen molar-refractivity contribution in [3.05, 3.63) is 140 Å². The van der Waals surface area contributed by atoms with Crippen molar-refractivity contribution in [2.45, 2.75) is 0 Å². The summed E-state index contributed by atoms with van der Waals surface area (Å²) in [5.41, 5.74) is 7.55. The van der Waals surface area contributed by atoms with Gasteiger partial charge in [0.15, 0.2) is 0 Å². The number of nitrogens with zero attached hydrogens (tertiary/aromatic N) is 3. The van der Waals surface area contributed by atoms with Crippen LogP contribution < -0.4 is 0 Å². The van der Waals surface area contributed by atoms with Gasteiger partial charge in [0.2, 0.25) is 5.95 Å². The summed E-state index contributed by atoms with van der Waals surface area (Å²) < 4.78 is 7.62. The maximum atomic E-state index is 5.41. The Balaban J connectivity index is 1.32. The molecule has 5 heteroatoms. The smallest absolute Gasteiger partial charge is 0.235 e. The van der Waals surface area contributed by atoms with Crippen molar-refractivity contribution < 1.29 is 0 Å². The van der Waals surface area contributed by atoms with Gasteiger partial charge in [0.25, 0.3) is 0 Å². The van der Waals surface area contributed by atoms with Gasteiger partial charge in [0.05, 0.1) is 36.3 Å². The largest absolute Gasteiger partial charge is 0.276 e. The predicted octanol–water partition coefficient (Wildman–Crippen LogP) is 11.6. The highest BCUT2D eigenvalue weighted by molar-refractivity contribution is 7.37. The third kappa shape index (κ3) is 3.69. The maximum absolute atomic E-state index is 5.41. The number of hydrogen-bond acceptors (Lipinski definition) is 4. The summed E-state index contributed by atoms with van der Waals surface area (Å²) >= 11 is 3.78. The lowest BCUT2D eigenvalue weighted by atomic mass is 10.0. The van der Waals surface area contributed by atoms with E-state index in [0.717, 1.165) is 33.2 Å². The molecule has 0 aliphatic rings. The van der Waals surface area contributed by atoms with Crippen LogP contribution in [0, 0.1) is 0 Å². The second-order valence-electron chi connectivity index (χ2n) is 11.4. The van der Waals surface area contributed by atoms with E-state index >= 15 is 0 Å². The Morgan fingerprint density at radius 2 is 1.13 bits per heavy atom. The number of fused-ring (bicyclic) bond motifs is 10. The molecule has 0 saturated heterocycles. The van der Waals surface area contributed by atoms with Gasteiger partial charge in [-0.15, -0.1) is 22.7 Å². The molecule has 4 heterocycles. The highest BCUT2D eigenvalue weighted by Gasteiger charge is 2.22. The van der Waals surface area contributed by atoms with Crippen molar-refractivity contribution in [1.82, 2.24) is 14.5 Å². The minimum atomic E-state index is 0.689. The molecule has 0 bridgehead atoms. The lowest BCUT2D eigenvalue weighted by molar-refractivity contribution is 1.02. The molecule has 0 radical (unpaired) electrons. The van der Waals surface area contributed by atoms with Crippen LogP contribution in [0.25, 0.3) is 90.6 Å². The highest BCUT2D eigenvalue weighted by Crippen LogP contribution is 2.48. The Morgan fingerprint density at radius 1 is 0.444 bits per heavy atom. The first-order valence-corrected chi connectivity index (χ1v) is 16.6. The van der Waals surface area contributed by atoms with Crippen LogP contribution in [-0.4, -0.2) is 14.5 Å². The quantitative estimate of drug-likeness (QED) is 0.199. The molecule has 0 N–H and O–H groups in total. The Bertz CT molecular complexity index is 2750. The zero-order valence-electron chi connectivity index (χ0n) is 23.9. The molecule has 10 aromatic rings. The molecule has 0 amide bonds. The van der Waals surface area contributed by atoms with Gasteiger partial charge in [-0.2, -0.15) is 0 Å². The molecule has 45 heavy (non-hydrogen) atoms. The second kappa shape index (κ2) is 9.57. The maximum Gasteiger partial charge on any atom is 0.235 e. The number of hydrogen-bond donors (Lipinski definition) is 0. The molecule has 0 atom stereocenters. The molecular weight excluding hydrogens is 587 g/mol. The normalized spacial score (nSPS) is 12.0. The van der Waals surface area contributed by atoms with E-state index < -0.39 is 0 Å². The zero-order chi connectivity index (χ0) is 29.5. The van der Waals surface area contributed by atoms with E-state index in [1.807, 2.05) is 22.7 Å². The third-order valence-corrected chi connectivity index (χ3v) is 11.4. The van der Waals surface area contributed by atoms with Gasteiger partial charge in [-0.3, -0.25) is 4.57 Å². The Morgan fingerprint density at radius 3 is 1.98 bits per heavy atom. The van der Waals surface area contributed by atoms with Gasteiger partial charge < -0.3 is 0 Å². The second-order valence-corrected chi connectivity index (χ2v) is 13.5. The molecule has 0 fully saturated rings. The monoisotopic (exact) mass is 609 g/mol. The summed E-state index contributed by atoms with van der Waals surface area (Å²) in [6.07, 6.45) is 0. The molecule has 0 unspecified atom stereocenters. The van der Waals surface area contributed by atoms with E-state index in [-0.39, 0.29) is 0 Å². The zero-order valence-corrected chi connectivity index (χ0v) is 25.6. The Kier molecular flexibility index (Phi) is 5.32. The van der Waals surface area contributed by atoms with Crippen molar-refractivity contribution in [3.63, 3.8) is 0 Å². The first kappa shape index (κ1) is 25.0. The summed E-state index contributed by atoms with van der Waals surface area (Å²) in [4.78, 5) is 10.7. The van der Waals surface area contributed by atoms with Crippen LogP contribution in [0.3, 0.4) is 0 Å². The van der Waals surface area contributed by atoms with Gasteiger partial charge >= 0.3 is 0 Å². The first-order chi connectivity index (χ1) is 22.3. The predicted molar refractivity (Wildman–Crippen MR) is 193 cm³/mol. The molecule has 6 aromatic carbocycles. The number of aromatic nitrogens is 3. The van der Waals surface area contributed by atoms with Crippen LogP contribution in [0.15, 0.2) is 140 Å². The molecule has 0 spiro atoms. The Hall–Kier alpha value is -5.36. The number of para-hydroxylation sites is 1. The number of rotatable bonds is 3. The fraction of sp³-hybridized carbons (Fsp3) is 0. The van der Waals surface area contributed by atoms with Crippen LogP contribution in [0.5, 0.6) is 0 Å². The molecule has 3 nitrogen and oxygen atoms in total. The molecule has 210 valence electrons. The van der Waals surface area contributed by atoms with Crippen molar-refractivity contribution in [1.29, 1.82) is 0 Å². The molecular formula is C40H23N3S2. The first-order valence-electron chi connectivity index (χ1n) is 15.0. The van der Waals surface area contributed by atoms with E-state index in [4.69, 9.17) is 9.97 Å². The van der Waals surface area contributed by atoms with Crippen molar-refractivity contribution in [3.8, 4) is 28.3 Å². The van der Waals surface area contributed by atoms with E-state index in [1.165, 1.54) is 51.4 Å². The summed E-state index contributed by atoms with van der Waals surface area (Å²) in [6, 6.07) is 49.6. The molecule has 10 rings (SSSR count). The molecule has 0 aliphatic carbocycles. The fourth-order valence-corrected chi connectivity index (χ4v) is 9.54. The van der Waals surface area contributed by atoms with Gasteiger partial charge in [0, 0.05) is 37.2 Å². The number of thiophene rings is 2. The SMILES string of the molecule is c1ccc(-c2ccc3nc(-n4c5ccccc5c5ccc6c7sc8ccccc8c7sc6c54)nc(-c4ccccc4)c3c2)cc1. The summed E-state index contributed by atoms with van der Waals surface area (Å²) in [6.45, 7) is 0. The van der Waals surface area contributed by atoms with Crippen LogP contribution in [0.2, 0.25) is 0 Å². The fourth-order valence-electron chi connectivity index (χ4n) is 6.76. The van der Waals surface area contributed by atoms with E-state index in [9.17, 15) is 0 Å². The van der Waals surface area contributed by atoms with Crippen LogP contribution in [-0.2, 0) is 0 Å². The van der Waals surface area contributed by atoms with Gasteiger partial charge in [0.1, 0.15) is 0 Å². The van der Waals surface area contributed by atoms with Crippen LogP contribution >= 0.6 is 22.7 Å². The van der Waals surface area contributed by atoms with Gasteiger partial charge in [-0.25, -0.2) is 9.97 Å². The molecule has 4 aromatic heterocycles. The number of benzene rings is 6.